The van der Waals surface area contributed by atoms with Crippen LogP contribution >= 0.6 is 0 Å². The molecule has 0 amide bonds. The number of fused-ring (bicyclic) bond motifs is 1. The molecule has 0 spiro atoms. The third kappa shape index (κ3) is 2.01. The van der Waals surface area contributed by atoms with E-state index in [0.717, 1.165) is 36.0 Å². The van der Waals surface area contributed by atoms with E-state index in [0.29, 0.717) is 12.5 Å². The van der Waals surface area contributed by atoms with Gasteiger partial charge in [-0.2, -0.15) is 0 Å². The van der Waals surface area contributed by atoms with E-state index in [1.54, 1.807) is 4.68 Å². The summed E-state index contributed by atoms with van der Waals surface area (Å²) in [5.41, 5.74) is 7.54. The third-order valence-corrected chi connectivity index (χ3v) is 3.27. The minimum absolute atomic E-state index is 0.197. The number of aromatic nitrogens is 2. The topological polar surface area (TPSA) is 62.3 Å². The molecule has 5 nitrogen and oxygen atoms in total. The lowest BCUT2D eigenvalue weighted by Gasteiger charge is -2.09. The first-order valence-electron chi connectivity index (χ1n) is 6.20. The fourth-order valence-electron chi connectivity index (χ4n) is 2.31. The summed E-state index contributed by atoms with van der Waals surface area (Å²) in [6.45, 7) is 1.39. The van der Waals surface area contributed by atoms with Gasteiger partial charge in [-0.25, -0.2) is 0 Å². The van der Waals surface area contributed by atoms with Crippen LogP contribution in [0.5, 0.6) is 5.88 Å². The lowest BCUT2D eigenvalue weighted by atomic mass is 10.2. The largest absolute Gasteiger partial charge is 0.473 e. The molecular weight excluding hydrogens is 230 g/mol. The summed E-state index contributed by atoms with van der Waals surface area (Å²) in [4.78, 5) is 0. The molecule has 0 aliphatic carbocycles. The lowest BCUT2D eigenvalue weighted by Crippen LogP contribution is -2.16. The molecule has 2 aromatic rings. The SMILES string of the molecule is Cn1nc(OC[C@@H]2CCCO2)c2cc(N)ccc21. The van der Waals surface area contributed by atoms with Crippen molar-refractivity contribution in [3.63, 3.8) is 0 Å². The molecule has 1 aliphatic rings. The molecule has 1 aromatic carbocycles. The number of nitrogens with zero attached hydrogens (tertiary/aromatic N) is 2. The molecule has 1 aromatic heterocycles. The minimum Gasteiger partial charge on any atom is -0.473 e. The molecule has 5 heteroatoms. The van der Waals surface area contributed by atoms with E-state index in [9.17, 15) is 0 Å². The van der Waals surface area contributed by atoms with Crippen molar-refractivity contribution in [1.82, 2.24) is 9.78 Å². The molecule has 2 N–H and O–H groups in total. The molecular formula is C13H17N3O2. The summed E-state index contributed by atoms with van der Waals surface area (Å²) in [6.07, 6.45) is 2.37. The van der Waals surface area contributed by atoms with E-state index in [-0.39, 0.29) is 6.10 Å². The van der Waals surface area contributed by atoms with Crippen molar-refractivity contribution < 1.29 is 9.47 Å². The molecule has 2 heterocycles. The zero-order valence-corrected chi connectivity index (χ0v) is 10.4. The van der Waals surface area contributed by atoms with Gasteiger partial charge < -0.3 is 15.2 Å². The Morgan fingerprint density at radius 2 is 2.44 bits per heavy atom. The van der Waals surface area contributed by atoms with Crippen molar-refractivity contribution in [1.29, 1.82) is 0 Å². The predicted molar refractivity (Wildman–Crippen MR) is 69.6 cm³/mol. The van der Waals surface area contributed by atoms with Gasteiger partial charge in [-0.05, 0) is 31.0 Å². The van der Waals surface area contributed by atoms with Gasteiger partial charge in [-0.15, -0.1) is 5.10 Å². The van der Waals surface area contributed by atoms with E-state index in [4.69, 9.17) is 15.2 Å². The molecule has 1 aliphatic heterocycles. The Kier molecular flexibility index (Phi) is 2.83. The number of hydrogen-bond donors (Lipinski definition) is 1. The van der Waals surface area contributed by atoms with E-state index in [1.165, 1.54) is 0 Å². The number of ether oxygens (including phenoxy) is 2. The van der Waals surface area contributed by atoms with Crippen molar-refractivity contribution in [3.05, 3.63) is 18.2 Å². The Morgan fingerprint density at radius 3 is 3.22 bits per heavy atom. The molecule has 0 bridgehead atoms. The van der Waals surface area contributed by atoms with Crippen LogP contribution in [0.1, 0.15) is 12.8 Å². The molecule has 1 atom stereocenters. The Labute approximate surface area is 105 Å². The van der Waals surface area contributed by atoms with Gasteiger partial charge in [0.1, 0.15) is 6.61 Å². The Bertz CT molecular complexity index is 559. The summed E-state index contributed by atoms with van der Waals surface area (Å²) in [5.74, 6) is 0.635. The summed E-state index contributed by atoms with van der Waals surface area (Å²) in [7, 11) is 1.90. The molecule has 3 rings (SSSR count). The van der Waals surface area contributed by atoms with Gasteiger partial charge in [0, 0.05) is 19.3 Å². The second-order valence-electron chi connectivity index (χ2n) is 4.65. The highest BCUT2D eigenvalue weighted by molar-refractivity contribution is 5.87. The van der Waals surface area contributed by atoms with Gasteiger partial charge in [0.2, 0.25) is 5.88 Å². The van der Waals surface area contributed by atoms with Gasteiger partial charge in [0.25, 0.3) is 0 Å². The number of rotatable bonds is 3. The highest BCUT2D eigenvalue weighted by Gasteiger charge is 2.18. The Balaban J connectivity index is 1.84. The van der Waals surface area contributed by atoms with Gasteiger partial charge in [-0.1, -0.05) is 0 Å². The number of benzene rings is 1. The first kappa shape index (κ1) is 11.3. The number of aryl methyl sites for hydroxylation is 1. The van der Waals surface area contributed by atoms with Crippen molar-refractivity contribution in [3.8, 4) is 5.88 Å². The first-order chi connectivity index (χ1) is 8.74. The van der Waals surface area contributed by atoms with Crippen molar-refractivity contribution in [2.75, 3.05) is 18.9 Å². The smallest absolute Gasteiger partial charge is 0.240 e. The first-order valence-corrected chi connectivity index (χ1v) is 6.20. The van der Waals surface area contributed by atoms with Gasteiger partial charge in [-0.3, -0.25) is 4.68 Å². The Morgan fingerprint density at radius 1 is 1.56 bits per heavy atom. The zero-order chi connectivity index (χ0) is 12.5. The second kappa shape index (κ2) is 4.49. The van der Waals surface area contributed by atoms with E-state index in [2.05, 4.69) is 5.10 Å². The van der Waals surface area contributed by atoms with Crippen LogP contribution in [0.15, 0.2) is 18.2 Å². The molecule has 96 valence electrons. The third-order valence-electron chi connectivity index (χ3n) is 3.27. The number of hydrogen-bond acceptors (Lipinski definition) is 4. The molecule has 1 fully saturated rings. The zero-order valence-electron chi connectivity index (χ0n) is 10.4. The minimum atomic E-state index is 0.197. The summed E-state index contributed by atoms with van der Waals surface area (Å²) < 4.78 is 13.1. The molecule has 0 radical (unpaired) electrons. The normalized spacial score (nSPS) is 19.5. The van der Waals surface area contributed by atoms with Crippen LogP contribution in [0.2, 0.25) is 0 Å². The van der Waals surface area contributed by atoms with Crippen LogP contribution < -0.4 is 10.5 Å². The predicted octanol–water partition coefficient (Wildman–Crippen LogP) is 1.71. The lowest BCUT2D eigenvalue weighted by molar-refractivity contribution is 0.0666. The van der Waals surface area contributed by atoms with E-state index >= 15 is 0 Å². The molecule has 1 saturated heterocycles. The maximum Gasteiger partial charge on any atom is 0.240 e. The van der Waals surface area contributed by atoms with Crippen LogP contribution in [0.25, 0.3) is 10.9 Å². The maximum absolute atomic E-state index is 5.80. The molecule has 0 unspecified atom stereocenters. The monoisotopic (exact) mass is 247 g/mol. The van der Waals surface area contributed by atoms with Crippen molar-refractivity contribution in [2.45, 2.75) is 18.9 Å². The molecule has 0 saturated carbocycles. The molecule has 18 heavy (non-hydrogen) atoms. The van der Waals surface area contributed by atoms with Gasteiger partial charge >= 0.3 is 0 Å². The summed E-state index contributed by atoms with van der Waals surface area (Å²) >= 11 is 0. The van der Waals surface area contributed by atoms with Crippen LogP contribution in [0, 0.1) is 0 Å². The van der Waals surface area contributed by atoms with Crippen LogP contribution in [-0.2, 0) is 11.8 Å². The second-order valence-corrected chi connectivity index (χ2v) is 4.65. The fraction of sp³-hybridized carbons (Fsp3) is 0.462. The van der Waals surface area contributed by atoms with Crippen LogP contribution in [0.4, 0.5) is 5.69 Å². The summed E-state index contributed by atoms with van der Waals surface area (Å²) in [5, 5.41) is 5.33. The van der Waals surface area contributed by atoms with Gasteiger partial charge in [0.15, 0.2) is 0 Å². The number of nitrogen functional groups attached to an aromatic ring is 1. The standard InChI is InChI=1S/C13H17N3O2/c1-16-12-5-4-9(14)7-11(12)13(15-16)18-8-10-3-2-6-17-10/h4-5,7,10H,2-3,6,8,14H2,1H3/t10-/m0/s1. The fourth-order valence-corrected chi connectivity index (χ4v) is 2.31. The maximum atomic E-state index is 5.80. The Hall–Kier alpha value is -1.75. The quantitative estimate of drug-likeness (QED) is 0.839. The summed E-state index contributed by atoms with van der Waals surface area (Å²) in [6, 6.07) is 5.72. The van der Waals surface area contributed by atoms with Crippen molar-refractivity contribution in [2.24, 2.45) is 7.05 Å². The van der Waals surface area contributed by atoms with Crippen LogP contribution in [-0.4, -0.2) is 29.1 Å². The average molecular weight is 247 g/mol. The van der Waals surface area contributed by atoms with Crippen molar-refractivity contribution >= 4 is 16.6 Å². The number of nitrogens with two attached hydrogens (primary N) is 1. The highest BCUT2D eigenvalue weighted by atomic mass is 16.5. The van der Waals surface area contributed by atoms with E-state index in [1.807, 2.05) is 25.2 Å². The van der Waals surface area contributed by atoms with Gasteiger partial charge in [0.05, 0.1) is 17.0 Å². The van der Waals surface area contributed by atoms with Crippen LogP contribution in [0.3, 0.4) is 0 Å². The van der Waals surface area contributed by atoms with E-state index < -0.39 is 0 Å². The number of anilines is 1. The highest BCUT2D eigenvalue weighted by Crippen LogP contribution is 2.27. The average Bonchev–Trinajstić information content (AvgIpc) is 2.95.